The summed E-state index contributed by atoms with van der Waals surface area (Å²) >= 11 is 0. The predicted octanol–water partition coefficient (Wildman–Crippen LogP) is 2.06. The van der Waals surface area contributed by atoms with Crippen molar-refractivity contribution in [3.63, 3.8) is 0 Å². The molecule has 2 aromatic heterocycles. The molecule has 3 heterocycles. The van der Waals surface area contributed by atoms with Gasteiger partial charge in [0.15, 0.2) is 0 Å². The summed E-state index contributed by atoms with van der Waals surface area (Å²) in [6, 6.07) is 7.86. The van der Waals surface area contributed by atoms with Gasteiger partial charge in [0.2, 0.25) is 5.95 Å². The number of aliphatic imine (C=N–C) groups is 1. The molecule has 3 N–H and O–H groups in total. The molecule has 0 saturated heterocycles. The van der Waals surface area contributed by atoms with Gasteiger partial charge in [-0.1, -0.05) is 18.2 Å². The van der Waals surface area contributed by atoms with Crippen LogP contribution in [0.15, 0.2) is 41.7 Å². The van der Waals surface area contributed by atoms with E-state index in [1.807, 2.05) is 41.6 Å². The zero-order valence-corrected chi connectivity index (χ0v) is 10.6. The Morgan fingerprint density at radius 1 is 1.20 bits per heavy atom. The van der Waals surface area contributed by atoms with Crippen molar-refractivity contribution in [3.05, 3.63) is 36.7 Å². The first-order valence-corrected chi connectivity index (χ1v) is 6.32. The number of benzene rings is 1. The first kappa shape index (κ1) is 11.0. The zero-order valence-electron chi connectivity index (χ0n) is 10.6. The number of imidazole rings is 1. The number of pyridine rings is 1. The summed E-state index contributed by atoms with van der Waals surface area (Å²) < 4.78 is 0. The summed E-state index contributed by atoms with van der Waals surface area (Å²) in [5, 5.41) is 0.994. The van der Waals surface area contributed by atoms with Gasteiger partial charge in [-0.3, -0.25) is 4.99 Å². The van der Waals surface area contributed by atoms with Crippen LogP contribution in [0.25, 0.3) is 21.9 Å². The second kappa shape index (κ2) is 4.06. The van der Waals surface area contributed by atoms with Gasteiger partial charge in [0.1, 0.15) is 16.9 Å². The summed E-state index contributed by atoms with van der Waals surface area (Å²) in [7, 11) is 0. The molecule has 6 nitrogen and oxygen atoms in total. The lowest BCUT2D eigenvalue weighted by molar-refractivity contribution is 1.03. The number of hydrogen-bond donors (Lipinski definition) is 2. The number of para-hydroxylation sites is 1. The van der Waals surface area contributed by atoms with Crippen molar-refractivity contribution in [3.8, 4) is 0 Å². The van der Waals surface area contributed by atoms with Crippen molar-refractivity contribution in [1.29, 1.82) is 0 Å². The second-order valence-corrected chi connectivity index (χ2v) is 4.58. The number of aromatic nitrogens is 3. The van der Waals surface area contributed by atoms with E-state index < -0.39 is 0 Å². The maximum absolute atomic E-state index is 6.02. The summed E-state index contributed by atoms with van der Waals surface area (Å²) in [6.45, 7) is 0.682. The maximum Gasteiger partial charge on any atom is 0.208 e. The number of hydrogen-bond acceptors (Lipinski definition) is 5. The molecule has 1 aliphatic rings. The molecule has 0 unspecified atom stereocenters. The van der Waals surface area contributed by atoms with E-state index >= 15 is 0 Å². The van der Waals surface area contributed by atoms with Crippen LogP contribution >= 0.6 is 0 Å². The number of H-pyrrole nitrogens is 1. The number of nitrogens with one attached hydrogen (secondary N) is 1. The van der Waals surface area contributed by atoms with E-state index in [1.54, 1.807) is 6.20 Å². The van der Waals surface area contributed by atoms with Gasteiger partial charge in [-0.2, -0.15) is 0 Å². The highest BCUT2D eigenvalue weighted by Crippen LogP contribution is 2.28. The van der Waals surface area contributed by atoms with E-state index in [0.29, 0.717) is 12.4 Å². The lowest BCUT2D eigenvalue weighted by Crippen LogP contribution is -2.21. The highest BCUT2D eigenvalue weighted by molar-refractivity contribution is 6.06. The molecule has 0 aliphatic carbocycles. The summed E-state index contributed by atoms with van der Waals surface area (Å²) in [4.78, 5) is 18.3. The molecule has 0 bridgehead atoms. The number of anilines is 2. The number of nitrogen functional groups attached to an aromatic ring is 1. The Hall–Kier alpha value is -2.89. The van der Waals surface area contributed by atoms with Crippen LogP contribution < -0.4 is 10.6 Å². The maximum atomic E-state index is 6.02. The average molecular weight is 264 g/mol. The van der Waals surface area contributed by atoms with Crippen molar-refractivity contribution in [2.45, 2.75) is 0 Å². The Morgan fingerprint density at radius 2 is 2.10 bits per heavy atom. The topological polar surface area (TPSA) is 83.2 Å². The van der Waals surface area contributed by atoms with Crippen LogP contribution in [0.2, 0.25) is 0 Å². The Labute approximate surface area is 114 Å². The molecule has 98 valence electrons. The van der Waals surface area contributed by atoms with Crippen LogP contribution in [0.1, 0.15) is 0 Å². The van der Waals surface area contributed by atoms with Gasteiger partial charge < -0.3 is 15.6 Å². The number of aromatic amines is 1. The van der Waals surface area contributed by atoms with Crippen LogP contribution in [0.4, 0.5) is 11.8 Å². The molecule has 20 heavy (non-hydrogen) atoms. The summed E-state index contributed by atoms with van der Waals surface area (Å²) in [5.41, 5.74) is 8.49. The van der Waals surface area contributed by atoms with Gasteiger partial charge in [0, 0.05) is 24.0 Å². The van der Waals surface area contributed by atoms with Gasteiger partial charge in [0.25, 0.3) is 0 Å². The van der Waals surface area contributed by atoms with E-state index in [1.165, 1.54) is 0 Å². The van der Waals surface area contributed by atoms with E-state index in [-0.39, 0.29) is 0 Å². The Balaban J connectivity index is 1.98. The van der Waals surface area contributed by atoms with E-state index in [4.69, 9.17) is 5.73 Å². The summed E-state index contributed by atoms with van der Waals surface area (Å²) in [6.07, 6.45) is 5.44. The molecule has 0 fully saturated rings. The molecule has 4 rings (SSSR count). The Morgan fingerprint density at radius 3 is 2.95 bits per heavy atom. The van der Waals surface area contributed by atoms with Crippen molar-refractivity contribution < 1.29 is 0 Å². The van der Waals surface area contributed by atoms with Crippen LogP contribution in [-0.4, -0.2) is 27.7 Å². The lowest BCUT2D eigenvalue weighted by atomic mass is 10.2. The Kier molecular flexibility index (Phi) is 2.23. The molecule has 0 atom stereocenters. The molecule has 0 amide bonds. The van der Waals surface area contributed by atoms with Crippen molar-refractivity contribution in [2.24, 2.45) is 4.99 Å². The summed E-state index contributed by atoms with van der Waals surface area (Å²) in [5.74, 6) is 1.21. The van der Waals surface area contributed by atoms with E-state index in [9.17, 15) is 0 Å². The third-order valence-corrected chi connectivity index (χ3v) is 3.34. The normalized spacial score (nSPS) is 14.5. The molecule has 1 aromatic carbocycles. The van der Waals surface area contributed by atoms with Crippen molar-refractivity contribution in [1.82, 2.24) is 15.0 Å². The standard InChI is InChI=1S/C14H12N6/c15-13-12-11(9-3-1-2-4-10(9)17-13)18-14(19-12)20-7-5-16-6-8-20/h1-7H,8H2,(H2,15,17)(H,18,19). The van der Waals surface area contributed by atoms with Crippen LogP contribution in [0, 0.1) is 0 Å². The highest BCUT2D eigenvalue weighted by atomic mass is 15.3. The fourth-order valence-corrected chi connectivity index (χ4v) is 2.37. The number of nitrogens with zero attached hydrogens (tertiary/aromatic N) is 4. The monoisotopic (exact) mass is 264 g/mol. The smallest absolute Gasteiger partial charge is 0.208 e. The average Bonchev–Trinajstić information content (AvgIpc) is 2.94. The van der Waals surface area contributed by atoms with E-state index in [2.05, 4.69) is 19.9 Å². The third-order valence-electron chi connectivity index (χ3n) is 3.34. The predicted molar refractivity (Wildman–Crippen MR) is 80.8 cm³/mol. The fourth-order valence-electron chi connectivity index (χ4n) is 2.37. The van der Waals surface area contributed by atoms with Gasteiger partial charge >= 0.3 is 0 Å². The molecule has 0 spiro atoms. The first-order valence-electron chi connectivity index (χ1n) is 6.32. The SMILES string of the molecule is Nc1nc2ccccc2c2nc(N3C=CN=CC3)[nH]c12. The first-order chi connectivity index (χ1) is 9.83. The van der Waals surface area contributed by atoms with Gasteiger partial charge in [-0.05, 0) is 6.07 Å². The zero-order chi connectivity index (χ0) is 13.5. The van der Waals surface area contributed by atoms with Gasteiger partial charge in [0.05, 0.1) is 12.1 Å². The molecule has 6 heteroatoms. The van der Waals surface area contributed by atoms with Crippen LogP contribution in [0.3, 0.4) is 0 Å². The minimum atomic E-state index is 0.465. The minimum absolute atomic E-state index is 0.465. The van der Waals surface area contributed by atoms with Gasteiger partial charge in [-0.15, -0.1) is 0 Å². The molecule has 1 aliphatic heterocycles. The fraction of sp³-hybridized carbons (Fsp3) is 0.0714. The third kappa shape index (κ3) is 1.55. The van der Waals surface area contributed by atoms with Crippen LogP contribution in [-0.2, 0) is 0 Å². The molecular weight excluding hydrogens is 252 g/mol. The Bertz CT molecular complexity index is 861. The second-order valence-electron chi connectivity index (χ2n) is 4.58. The molecule has 0 saturated carbocycles. The van der Waals surface area contributed by atoms with Crippen LogP contribution in [0.5, 0.6) is 0 Å². The van der Waals surface area contributed by atoms with Gasteiger partial charge in [-0.25, -0.2) is 9.97 Å². The number of fused-ring (bicyclic) bond motifs is 3. The quantitative estimate of drug-likeness (QED) is 0.704. The largest absolute Gasteiger partial charge is 0.382 e. The van der Waals surface area contributed by atoms with Crippen molar-refractivity contribution in [2.75, 3.05) is 17.2 Å². The number of nitrogens with two attached hydrogens (primary N) is 1. The lowest BCUT2D eigenvalue weighted by Gasteiger charge is -2.15. The minimum Gasteiger partial charge on any atom is -0.382 e. The van der Waals surface area contributed by atoms with Crippen molar-refractivity contribution >= 4 is 39.9 Å². The van der Waals surface area contributed by atoms with E-state index in [0.717, 1.165) is 27.9 Å². The highest BCUT2D eigenvalue weighted by Gasteiger charge is 2.14. The number of rotatable bonds is 1. The molecule has 3 aromatic rings. The molecule has 0 radical (unpaired) electrons. The molecular formula is C14H12N6.